The predicted molar refractivity (Wildman–Crippen MR) is 68.0 cm³/mol. The van der Waals surface area contributed by atoms with E-state index in [1.807, 2.05) is 24.3 Å². The first kappa shape index (κ1) is 11.9. The molecule has 0 spiro atoms. The molecule has 1 aromatic carbocycles. The van der Waals surface area contributed by atoms with E-state index in [4.69, 9.17) is 4.74 Å². The number of hydrogen-bond donors (Lipinski definition) is 1. The van der Waals surface area contributed by atoms with Gasteiger partial charge in [0, 0.05) is 10.9 Å². The van der Waals surface area contributed by atoms with Crippen molar-refractivity contribution in [2.24, 2.45) is 0 Å². The molecule has 0 fully saturated rings. The molecule has 0 amide bonds. The minimum Gasteiger partial charge on any atom is -0.469 e. The first-order valence-corrected chi connectivity index (χ1v) is 6.03. The van der Waals surface area contributed by atoms with Crippen molar-refractivity contribution >= 4 is 22.7 Å². The number of Topliss-reactive ketones (excluding diaryl/α,β-unsaturated/α-hetero) is 1. The number of H-pyrrole nitrogens is 1. The van der Waals surface area contributed by atoms with Gasteiger partial charge >= 0.3 is 5.97 Å². The lowest BCUT2D eigenvalue weighted by molar-refractivity contribution is -0.144. The summed E-state index contributed by atoms with van der Waals surface area (Å²) in [5.74, 6) is -0.419. The first-order valence-electron chi connectivity index (χ1n) is 6.03. The summed E-state index contributed by atoms with van der Waals surface area (Å²) in [5, 5.41) is 0.876. The largest absolute Gasteiger partial charge is 0.469 e. The Labute approximate surface area is 109 Å². The van der Waals surface area contributed by atoms with E-state index in [0.29, 0.717) is 11.3 Å². The maximum atomic E-state index is 12.0. The highest BCUT2D eigenvalue weighted by atomic mass is 16.5. The van der Waals surface area contributed by atoms with Gasteiger partial charge in [-0.1, -0.05) is 18.2 Å². The van der Waals surface area contributed by atoms with Crippen molar-refractivity contribution in [3.05, 3.63) is 35.5 Å². The molecule has 1 N–H and O–H groups in total. The van der Waals surface area contributed by atoms with Gasteiger partial charge in [0.25, 0.3) is 0 Å². The smallest absolute Gasteiger partial charge is 0.308 e. The number of fused-ring (bicyclic) bond motifs is 3. The Morgan fingerprint density at radius 3 is 3.05 bits per heavy atom. The first-order chi connectivity index (χ1) is 9.20. The zero-order valence-corrected chi connectivity index (χ0v) is 10.4. The fourth-order valence-electron chi connectivity index (χ4n) is 2.43. The quantitative estimate of drug-likeness (QED) is 0.837. The van der Waals surface area contributed by atoms with Crippen molar-refractivity contribution in [2.75, 3.05) is 13.7 Å². The lowest BCUT2D eigenvalue weighted by Crippen LogP contribution is -2.24. The van der Waals surface area contributed by atoms with E-state index < -0.39 is 6.10 Å². The molecule has 1 aliphatic rings. The summed E-state index contributed by atoms with van der Waals surface area (Å²) in [6, 6.07) is 7.57. The SMILES string of the molecule is COC(=O)CC1OCC(=O)c2c1[nH]c1ccccc21. The molecule has 19 heavy (non-hydrogen) atoms. The molecule has 5 nitrogen and oxygen atoms in total. The second kappa shape index (κ2) is 4.51. The number of benzene rings is 1. The van der Waals surface area contributed by atoms with Gasteiger partial charge in [0.2, 0.25) is 0 Å². The Kier molecular flexibility index (Phi) is 2.83. The summed E-state index contributed by atoms with van der Waals surface area (Å²) in [4.78, 5) is 26.6. The van der Waals surface area contributed by atoms with Crippen LogP contribution in [-0.4, -0.2) is 30.5 Å². The lowest BCUT2D eigenvalue weighted by atomic mass is 10.00. The van der Waals surface area contributed by atoms with Crippen LogP contribution in [0.25, 0.3) is 10.9 Å². The van der Waals surface area contributed by atoms with Crippen molar-refractivity contribution in [2.45, 2.75) is 12.5 Å². The van der Waals surface area contributed by atoms with Crippen LogP contribution in [0.15, 0.2) is 24.3 Å². The fraction of sp³-hybridized carbons (Fsp3) is 0.286. The number of methoxy groups -OCH3 is 1. The standard InChI is InChI=1S/C14H13NO4/c1-18-12(17)6-11-14-13(10(16)7-19-11)8-4-2-3-5-9(8)15-14/h2-5,11,15H,6-7H2,1H3. The minimum atomic E-state index is -0.451. The van der Waals surface area contributed by atoms with E-state index in [-0.39, 0.29) is 24.8 Å². The highest BCUT2D eigenvalue weighted by molar-refractivity contribution is 6.10. The van der Waals surface area contributed by atoms with Crippen LogP contribution in [0.5, 0.6) is 0 Å². The third-order valence-corrected chi connectivity index (χ3v) is 3.33. The summed E-state index contributed by atoms with van der Waals surface area (Å²) in [5.41, 5.74) is 2.18. The molecule has 98 valence electrons. The number of aromatic amines is 1. The molecule has 1 aromatic heterocycles. The van der Waals surface area contributed by atoms with Crippen LogP contribution < -0.4 is 0 Å². The number of hydrogen-bond acceptors (Lipinski definition) is 4. The Hall–Kier alpha value is -2.14. The van der Waals surface area contributed by atoms with E-state index in [1.165, 1.54) is 7.11 Å². The Morgan fingerprint density at radius 2 is 2.26 bits per heavy atom. The van der Waals surface area contributed by atoms with Gasteiger partial charge in [-0.3, -0.25) is 9.59 Å². The van der Waals surface area contributed by atoms with Crippen molar-refractivity contribution in [3.63, 3.8) is 0 Å². The van der Waals surface area contributed by atoms with E-state index in [0.717, 1.165) is 10.9 Å². The summed E-state index contributed by atoms with van der Waals surface area (Å²) in [6.45, 7) is -0.00346. The monoisotopic (exact) mass is 259 g/mol. The molecule has 1 unspecified atom stereocenters. The van der Waals surface area contributed by atoms with Gasteiger partial charge in [-0.05, 0) is 6.07 Å². The molecule has 3 rings (SSSR count). The van der Waals surface area contributed by atoms with Crippen LogP contribution in [0.4, 0.5) is 0 Å². The molecule has 0 saturated carbocycles. The number of carbonyl (C=O) groups is 2. The van der Waals surface area contributed by atoms with Gasteiger partial charge in [-0.15, -0.1) is 0 Å². The van der Waals surface area contributed by atoms with Gasteiger partial charge in [-0.2, -0.15) is 0 Å². The Balaban J connectivity index is 2.10. The topological polar surface area (TPSA) is 68.4 Å². The molecule has 0 radical (unpaired) electrons. The van der Waals surface area contributed by atoms with Gasteiger partial charge < -0.3 is 14.5 Å². The summed E-state index contributed by atoms with van der Waals surface area (Å²) < 4.78 is 10.1. The number of ketones is 1. The summed E-state index contributed by atoms with van der Waals surface area (Å²) in [6.07, 6.45) is -0.351. The molecule has 2 heterocycles. The van der Waals surface area contributed by atoms with Crippen LogP contribution in [0.1, 0.15) is 28.6 Å². The molecular formula is C14H13NO4. The Bertz CT molecular complexity index is 659. The number of para-hydroxylation sites is 1. The van der Waals surface area contributed by atoms with Gasteiger partial charge in [0.15, 0.2) is 5.78 Å². The number of aromatic nitrogens is 1. The minimum absolute atomic E-state index is 0.00346. The maximum absolute atomic E-state index is 12.0. The number of esters is 1. The number of nitrogens with one attached hydrogen (secondary N) is 1. The molecule has 5 heteroatoms. The van der Waals surface area contributed by atoms with E-state index in [1.54, 1.807) is 0 Å². The van der Waals surface area contributed by atoms with E-state index in [2.05, 4.69) is 9.72 Å². The third kappa shape index (κ3) is 1.92. The molecule has 2 aromatic rings. The zero-order valence-electron chi connectivity index (χ0n) is 10.4. The van der Waals surface area contributed by atoms with Crippen molar-refractivity contribution in [1.82, 2.24) is 4.98 Å². The molecule has 1 aliphatic heterocycles. The molecule has 0 saturated heterocycles. The van der Waals surface area contributed by atoms with Crippen LogP contribution in [0.2, 0.25) is 0 Å². The number of carbonyl (C=O) groups excluding carboxylic acids is 2. The average Bonchev–Trinajstić information content (AvgIpc) is 2.82. The van der Waals surface area contributed by atoms with Crippen LogP contribution in [-0.2, 0) is 14.3 Å². The van der Waals surface area contributed by atoms with Crippen LogP contribution >= 0.6 is 0 Å². The van der Waals surface area contributed by atoms with Gasteiger partial charge in [0.1, 0.15) is 12.7 Å². The fourth-order valence-corrected chi connectivity index (χ4v) is 2.43. The van der Waals surface area contributed by atoms with Gasteiger partial charge in [0.05, 0.1) is 24.8 Å². The van der Waals surface area contributed by atoms with Crippen molar-refractivity contribution in [3.8, 4) is 0 Å². The van der Waals surface area contributed by atoms with Crippen molar-refractivity contribution < 1.29 is 19.1 Å². The molecule has 1 atom stereocenters. The number of rotatable bonds is 2. The van der Waals surface area contributed by atoms with Crippen LogP contribution in [0.3, 0.4) is 0 Å². The highest BCUT2D eigenvalue weighted by Gasteiger charge is 2.31. The lowest BCUT2D eigenvalue weighted by Gasteiger charge is -2.21. The summed E-state index contributed by atoms with van der Waals surface area (Å²) >= 11 is 0. The third-order valence-electron chi connectivity index (χ3n) is 3.33. The zero-order chi connectivity index (χ0) is 13.4. The highest BCUT2D eigenvalue weighted by Crippen LogP contribution is 2.34. The molecule has 0 bridgehead atoms. The number of ether oxygens (including phenoxy) is 2. The molecular weight excluding hydrogens is 246 g/mol. The normalized spacial score (nSPS) is 18.4. The Morgan fingerprint density at radius 1 is 1.47 bits per heavy atom. The maximum Gasteiger partial charge on any atom is 0.308 e. The average molecular weight is 259 g/mol. The predicted octanol–water partition coefficient (Wildman–Crippen LogP) is 1.98. The van der Waals surface area contributed by atoms with E-state index in [9.17, 15) is 9.59 Å². The molecule has 0 aliphatic carbocycles. The van der Waals surface area contributed by atoms with Crippen LogP contribution in [0, 0.1) is 0 Å². The van der Waals surface area contributed by atoms with E-state index >= 15 is 0 Å². The summed E-state index contributed by atoms with van der Waals surface area (Å²) in [7, 11) is 1.34. The van der Waals surface area contributed by atoms with Crippen molar-refractivity contribution in [1.29, 1.82) is 0 Å². The second-order valence-corrected chi connectivity index (χ2v) is 4.46. The van der Waals surface area contributed by atoms with Gasteiger partial charge in [-0.25, -0.2) is 0 Å². The second-order valence-electron chi connectivity index (χ2n) is 4.46.